The zero-order valence-electron chi connectivity index (χ0n) is 14.6. The first-order valence-corrected chi connectivity index (χ1v) is 9.90. The van der Waals surface area contributed by atoms with Crippen LogP contribution < -0.4 is 19.5 Å². The van der Waals surface area contributed by atoms with Crippen molar-refractivity contribution in [2.75, 3.05) is 16.6 Å². The average molecular weight is 396 g/mol. The summed E-state index contributed by atoms with van der Waals surface area (Å²) in [6.07, 6.45) is 0. The van der Waals surface area contributed by atoms with Gasteiger partial charge in [-0.2, -0.15) is 0 Å². The van der Waals surface area contributed by atoms with E-state index in [-0.39, 0.29) is 17.4 Å². The molecule has 0 fully saturated rings. The van der Waals surface area contributed by atoms with Crippen LogP contribution in [0, 0.1) is 0 Å². The van der Waals surface area contributed by atoms with E-state index >= 15 is 0 Å². The number of ether oxygens (including phenoxy) is 2. The Hall–Kier alpha value is -3.52. The quantitative estimate of drug-likeness (QED) is 0.687. The van der Waals surface area contributed by atoms with Crippen molar-refractivity contribution in [2.45, 2.75) is 4.90 Å². The van der Waals surface area contributed by atoms with Gasteiger partial charge < -0.3 is 14.8 Å². The van der Waals surface area contributed by atoms with Gasteiger partial charge in [-0.1, -0.05) is 24.3 Å². The van der Waals surface area contributed by atoms with Gasteiger partial charge in [-0.25, -0.2) is 8.42 Å². The summed E-state index contributed by atoms with van der Waals surface area (Å²) in [5.74, 6) is 1.24. The lowest BCUT2D eigenvalue weighted by molar-refractivity contribution is -0.118. The Morgan fingerprint density at radius 1 is 0.929 bits per heavy atom. The van der Waals surface area contributed by atoms with E-state index in [0.717, 1.165) is 0 Å². The minimum Gasteiger partial charge on any atom is -0.482 e. The highest BCUT2D eigenvalue weighted by atomic mass is 32.2. The third kappa shape index (κ3) is 3.91. The molecular weight excluding hydrogens is 380 g/mol. The van der Waals surface area contributed by atoms with E-state index in [4.69, 9.17) is 9.47 Å². The molecule has 0 spiro atoms. The minimum atomic E-state index is -3.87. The van der Waals surface area contributed by atoms with Crippen LogP contribution >= 0.6 is 0 Å². The molecule has 0 bridgehead atoms. The summed E-state index contributed by atoms with van der Waals surface area (Å²) in [4.78, 5) is 11.5. The number of carbonyl (C=O) groups excluding carboxylic acids is 1. The number of amides is 1. The topological polar surface area (TPSA) is 93.7 Å². The molecule has 1 amide bonds. The summed E-state index contributed by atoms with van der Waals surface area (Å²) < 4.78 is 39.0. The van der Waals surface area contributed by atoms with Crippen LogP contribution in [0.15, 0.2) is 77.7 Å². The summed E-state index contributed by atoms with van der Waals surface area (Å²) in [6, 6.07) is 20.1. The number of nitrogens with one attached hydrogen (secondary N) is 2. The molecule has 0 saturated carbocycles. The number of fused-ring (bicyclic) bond motifs is 1. The Morgan fingerprint density at radius 3 is 2.54 bits per heavy atom. The van der Waals surface area contributed by atoms with Gasteiger partial charge in [0, 0.05) is 6.07 Å². The highest BCUT2D eigenvalue weighted by Crippen LogP contribution is 2.31. The fourth-order valence-electron chi connectivity index (χ4n) is 2.69. The summed E-state index contributed by atoms with van der Waals surface area (Å²) in [5.41, 5.74) is 0.673. The summed E-state index contributed by atoms with van der Waals surface area (Å²) >= 11 is 0. The smallest absolute Gasteiger partial charge is 0.262 e. The van der Waals surface area contributed by atoms with Gasteiger partial charge in [-0.3, -0.25) is 9.52 Å². The first kappa shape index (κ1) is 17.9. The molecule has 7 nitrogen and oxygen atoms in total. The summed E-state index contributed by atoms with van der Waals surface area (Å²) in [7, 11) is -3.87. The van der Waals surface area contributed by atoms with Gasteiger partial charge >= 0.3 is 0 Å². The summed E-state index contributed by atoms with van der Waals surface area (Å²) in [6.45, 7) is -0.0917. The first-order chi connectivity index (χ1) is 13.5. The molecular formula is C20H16N2O5S. The monoisotopic (exact) mass is 396 g/mol. The Bertz CT molecular complexity index is 1130. The predicted molar refractivity (Wildman–Crippen MR) is 104 cm³/mol. The minimum absolute atomic E-state index is 0.00595. The number of rotatable bonds is 5. The number of sulfonamides is 1. The van der Waals surface area contributed by atoms with Gasteiger partial charge in [-0.05, 0) is 42.5 Å². The lowest BCUT2D eigenvalue weighted by atomic mass is 10.2. The fourth-order valence-corrected chi connectivity index (χ4v) is 3.77. The lowest BCUT2D eigenvalue weighted by Crippen LogP contribution is -2.25. The summed E-state index contributed by atoms with van der Waals surface area (Å²) in [5, 5.41) is 2.60. The van der Waals surface area contributed by atoms with Crippen LogP contribution in [0.5, 0.6) is 17.2 Å². The van der Waals surface area contributed by atoms with Crippen LogP contribution in [0.3, 0.4) is 0 Å². The van der Waals surface area contributed by atoms with E-state index in [0.29, 0.717) is 28.6 Å². The van der Waals surface area contributed by atoms with Gasteiger partial charge in [-0.15, -0.1) is 0 Å². The van der Waals surface area contributed by atoms with Gasteiger partial charge in [0.25, 0.3) is 15.9 Å². The zero-order valence-corrected chi connectivity index (χ0v) is 15.4. The van der Waals surface area contributed by atoms with Crippen molar-refractivity contribution in [1.82, 2.24) is 0 Å². The molecule has 0 unspecified atom stereocenters. The number of hydrogen-bond acceptors (Lipinski definition) is 5. The number of hydrogen-bond donors (Lipinski definition) is 2. The maximum absolute atomic E-state index is 12.7. The zero-order chi connectivity index (χ0) is 19.6. The van der Waals surface area contributed by atoms with Crippen molar-refractivity contribution in [2.24, 2.45) is 0 Å². The van der Waals surface area contributed by atoms with Crippen LogP contribution in [0.25, 0.3) is 0 Å². The van der Waals surface area contributed by atoms with Gasteiger partial charge in [0.2, 0.25) is 0 Å². The van der Waals surface area contributed by atoms with Crippen LogP contribution in [-0.4, -0.2) is 20.9 Å². The molecule has 142 valence electrons. The highest BCUT2D eigenvalue weighted by Gasteiger charge is 2.21. The molecule has 0 atom stereocenters. The highest BCUT2D eigenvalue weighted by molar-refractivity contribution is 7.92. The molecule has 28 heavy (non-hydrogen) atoms. The van der Waals surface area contributed by atoms with Crippen LogP contribution in [0.2, 0.25) is 0 Å². The number of para-hydroxylation sites is 1. The van der Waals surface area contributed by atoms with Gasteiger partial charge in [0.1, 0.15) is 17.2 Å². The van der Waals surface area contributed by atoms with Crippen molar-refractivity contribution in [3.05, 3.63) is 72.8 Å². The molecule has 2 N–H and O–H groups in total. The molecule has 1 aliphatic heterocycles. The molecule has 3 aromatic rings. The SMILES string of the molecule is O=C1COc2ccc(S(=O)(=O)Nc3cccc(Oc4ccccc4)c3)cc2N1. The molecule has 4 rings (SSSR count). The number of benzene rings is 3. The third-order valence-corrected chi connectivity index (χ3v) is 5.34. The lowest BCUT2D eigenvalue weighted by Gasteiger charge is -2.18. The Balaban J connectivity index is 1.56. The van der Waals surface area contributed by atoms with Crippen LogP contribution in [0.4, 0.5) is 11.4 Å². The molecule has 0 saturated heterocycles. The largest absolute Gasteiger partial charge is 0.482 e. The Kier molecular flexibility index (Phi) is 4.62. The van der Waals surface area contributed by atoms with Crippen molar-refractivity contribution < 1.29 is 22.7 Å². The van der Waals surface area contributed by atoms with Gasteiger partial charge in [0.15, 0.2) is 6.61 Å². The van der Waals surface area contributed by atoms with Crippen molar-refractivity contribution in [3.8, 4) is 17.2 Å². The standard InChI is InChI=1S/C20H16N2O5S/c23-20-13-26-19-10-9-17(12-18(19)21-20)28(24,25)22-14-5-4-8-16(11-14)27-15-6-2-1-3-7-15/h1-12,22H,13H2,(H,21,23). The first-order valence-electron chi connectivity index (χ1n) is 8.42. The maximum Gasteiger partial charge on any atom is 0.262 e. The molecule has 0 aliphatic carbocycles. The molecule has 0 radical (unpaired) electrons. The maximum atomic E-state index is 12.7. The van der Waals surface area contributed by atoms with E-state index in [2.05, 4.69) is 10.0 Å². The van der Waals surface area contributed by atoms with E-state index < -0.39 is 10.0 Å². The predicted octanol–water partition coefficient (Wildman–Crippen LogP) is 3.61. The second-order valence-corrected chi connectivity index (χ2v) is 7.73. The normalized spacial score (nSPS) is 13.1. The number of anilines is 2. The van der Waals surface area contributed by atoms with E-state index in [1.54, 1.807) is 36.4 Å². The average Bonchev–Trinajstić information content (AvgIpc) is 2.68. The number of carbonyl (C=O) groups is 1. The molecule has 3 aromatic carbocycles. The van der Waals surface area contributed by atoms with Crippen molar-refractivity contribution in [1.29, 1.82) is 0 Å². The third-order valence-electron chi connectivity index (χ3n) is 3.96. The molecule has 1 aliphatic rings. The Morgan fingerprint density at radius 2 is 1.71 bits per heavy atom. The van der Waals surface area contributed by atoms with E-state index in [9.17, 15) is 13.2 Å². The Labute approximate surface area is 162 Å². The second kappa shape index (κ2) is 7.24. The van der Waals surface area contributed by atoms with E-state index in [1.165, 1.54) is 18.2 Å². The molecule has 0 aromatic heterocycles. The van der Waals surface area contributed by atoms with Crippen LogP contribution in [0.1, 0.15) is 0 Å². The fraction of sp³-hybridized carbons (Fsp3) is 0.0500. The van der Waals surface area contributed by atoms with Crippen LogP contribution in [-0.2, 0) is 14.8 Å². The van der Waals surface area contributed by atoms with Crippen molar-refractivity contribution >= 4 is 27.3 Å². The molecule has 1 heterocycles. The van der Waals surface area contributed by atoms with Gasteiger partial charge in [0.05, 0.1) is 16.3 Å². The molecule has 8 heteroatoms. The van der Waals surface area contributed by atoms with E-state index in [1.807, 2.05) is 18.2 Å². The van der Waals surface area contributed by atoms with Crippen molar-refractivity contribution in [3.63, 3.8) is 0 Å². The second-order valence-electron chi connectivity index (χ2n) is 6.04.